The minimum absolute atomic E-state index is 0.146. The van der Waals surface area contributed by atoms with Gasteiger partial charge in [0.05, 0.1) is 12.4 Å². The summed E-state index contributed by atoms with van der Waals surface area (Å²) in [6.45, 7) is 3.86. The molecule has 0 radical (unpaired) electrons. The van der Waals surface area contributed by atoms with Crippen LogP contribution in [0.5, 0.6) is 0 Å². The number of nitrogens with one attached hydrogen (secondary N) is 2. The van der Waals surface area contributed by atoms with E-state index in [-0.39, 0.29) is 11.5 Å². The van der Waals surface area contributed by atoms with E-state index < -0.39 is 10.8 Å². The predicted octanol–water partition coefficient (Wildman–Crippen LogP) is 4.17. The van der Waals surface area contributed by atoms with Crippen LogP contribution >= 0.6 is 11.8 Å². The van der Waals surface area contributed by atoms with Crippen molar-refractivity contribution in [3.63, 3.8) is 0 Å². The van der Waals surface area contributed by atoms with E-state index in [4.69, 9.17) is 5.73 Å². The van der Waals surface area contributed by atoms with Gasteiger partial charge in [-0.2, -0.15) is 0 Å². The van der Waals surface area contributed by atoms with Crippen LogP contribution < -0.4 is 16.4 Å². The summed E-state index contributed by atoms with van der Waals surface area (Å²) in [6.07, 6.45) is 3.55. The Balaban J connectivity index is 0.000000223. The Morgan fingerprint density at radius 3 is 2.49 bits per heavy atom. The summed E-state index contributed by atoms with van der Waals surface area (Å²) in [5, 5.41) is 19.6. The quantitative estimate of drug-likeness (QED) is 0.0633. The van der Waals surface area contributed by atoms with Gasteiger partial charge in [-0.15, -0.1) is 0 Å². The highest BCUT2D eigenvalue weighted by atomic mass is 32.2. The Hall–Kier alpha value is -4.97. The zero-order valence-corrected chi connectivity index (χ0v) is 21.9. The van der Waals surface area contributed by atoms with Gasteiger partial charge in [-0.1, -0.05) is 66.4 Å². The fraction of sp³-hybridized carbons (Fsp3) is 0.111. The van der Waals surface area contributed by atoms with Crippen LogP contribution in [-0.2, 0) is 11.3 Å². The largest absolute Gasteiger partial charge is 0.381 e. The molecule has 1 heterocycles. The molecule has 0 aliphatic rings. The third kappa shape index (κ3) is 8.27. The number of fused-ring (bicyclic) bond motifs is 1. The monoisotopic (exact) mass is 545 g/mol. The van der Waals surface area contributed by atoms with Gasteiger partial charge in [0.2, 0.25) is 6.33 Å². The normalized spacial score (nSPS) is 11.0. The molecule has 1 aromatic heterocycles. The van der Waals surface area contributed by atoms with Gasteiger partial charge >= 0.3 is 5.82 Å². The second-order valence-corrected chi connectivity index (χ2v) is 8.98. The van der Waals surface area contributed by atoms with Crippen LogP contribution in [0.15, 0.2) is 95.0 Å². The molecule has 0 aliphatic carbocycles. The number of anilines is 1. The first-order chi connectivity index (χ1) is 18.8. The Morgan fingerprint density at radius 1 is 1.18 bits per heavy atom. The maximum absolute atomic E-state index is 11.3. The number of carbonyl (C=O) groups is 2. The minimum Gasteiger partial charge on any atom is -0.381 e. The molecular formula is C27H27N7O4S. The average molecular weight is 546 g/mol. The number of hydrogen-bond donors (Lipinski definition) is 3. The Kier molecular flexibility index (Phi) is 10.3. The smallest absolute Gasteiger partial charge is 0.381 e. The predicted molar refractivity (Wildman–Crippen MR) is 155 cm³/mol. The summed E-state index contributed by atoms with van der Waals surface area (Å²) in [7, 11) is 1.71. The number of aliphatic imine (C=N–C) groups is 1. The van der Waals surface area contributed by atoms with Crippen LogP contribution in [0.4, 0.5) is 11.5 Å². The lowest BCUT2D eigenvalue weighted by atomic mass is 10.1. The maximum atomic E-state index is 11.3. The molecular weight excluding hydrogens is 518 g/mol. The zero-order valence-electron chi connectivity index (χ0n) is 21.1. The number of nitrogens with two attached hydrogens (primary N) is 1. The molecule has 0 fully saturated rings. The molecule has 0 spiro atoms. The molecule has 0 unspecified atom stereocenters. The van der Waals surface area contributed by atoms with E-state index in [2.05, 4.69) is 51.6 Å². The third-order valence-electron chi connectivity index (χ3n) is 5.36. The fourth-order valence-corrected chi connectivity index (χ4v) is 4.28. The van der Waals surface area contributed by atoms with Gasteiger partial charge in [-0.3, -0.25) is 14.6 Å². The number of benzene rings is 3. The summed E-state index contributed by atoms with van der Waals surface area (Å²) >= 11 is 1.41. The van der Waals surface area contributed by atoms with Crippen molar-refractivity contribution >= 4 is 53.0 Å². The topological polar surface area (TPSA) is 158 Å². The number of hydrogen-bond acceptors (Lipinski definition) is 9. The molecule has 0 saturated heterocycles. The van der Waals surface area contributed by atoms with Crippen LogP contribution in [0, 0.1) is 10.1 Å². The van der Waals surface area contributed by atoms with Crippen molar-refractivity contribution in [1.82, 2.24) is 14.9 Å². The van der Waals surface area contributed by atoms with Crippen molar-refractivity contribution in [3.05, 3.63) is 111 Å². The van der Waals surface area contributed by atoms with Gasteiger partial charge < -0.3 is 31.0 Å². The van der Waals surface area contributed by atoms with Crippen molar-refractivity contribution in [1.29, 1.82) is 0 Å². The minimum atomic E-state index is -0.599. The molecule has 39 heavy (non-hydrogen) atoms. The maximum Gasteiger partial charge on any atom is 0.381 e. The second-order valence-electron chi connectivity index (χ2n) is 8.00. The van der Waals surface area contributed by atoms with Crippen LogP contribution in [-0.4, -0.2) is 46.3 Å². The van der Waals surface area contributed by atoms with Crippen molar-refractivity contribution in [2.45, 2.75) is 6.54 Å². The number of nitro groups is 1. The molecule has 4 N–H and O–H groups in total. The molecule has 3 aromatic carbocycles. The highest BCUT2D eigenvalue weighted by Gasteiger charge is 2.11. The van der Waals surface area contributed by atoms with Gasteiger partial charge in [0, 0.05) is 18.3 Å². The number of carbonyl (C=O) groups excluding carboxylic acids is 2. The molecule has 11 nitrogen and oxygen atoms in total. The summed E-state index contributed by atoms with van der Waals surface area (Å²) in [6, 6.07) is 21.3. The Labute approximate surface area is 229 Å². The van der Waals surface area contributed by atoms with Crippen molar-refractivity contribution in [3.8, 4) is 0 Å². The van der Waals surface area contributed by atoms with Crippen molar-refractivity contribution in [2.24, 2.45) is 10.7 Å². The van der Waals surface area contributed by atoms with Crippen LogP contribution in [0.3, 0.4) is 0 Å². The number of nitrogens with zero attached hydrogens (tertiary/aromatic N) is 4. The van der Waals surface area contributed by atoms with Crippen molar-refractivity contribution < 1.29 is 14.5 Å². The van der Waals surface area contributed by atoms with E-state index in [9.17, 15) is 19.7 Å². The molecule has 200 valence electrons. The molecule has 0 bridgehead atoms. The summed E-state index contributed by atoms with van der Waals surface area (Å²) in [5.74, 6) is -0.201. The lowest BCUT2D eigenvalue weighted by Crippen LogP contribution is -2.19. The molecule has 0 atom stereocenters. The Morgan fingerprint density at radius 2 is 1.90 bits per heavy atom. The van der Waals surface area contributed by atoms with Crippen molar-refractivity contribution in [2.75, 3.05) is 18.2 Å². The van der Waals surface area contributed by atoms with Gasteiger partial charge in [-0.05, 0) is 45.1 Å². The number of thioether (sulfide) groups is 1. The molecule has 4 aromatic rings. The number of rotatable bonds is 11. The first-order valence-corrected chi connectivity index (χ1v) is 12.6. The molecule has 12 heteroatoms. The number of aldehydes is 1. The van der Waals surface area contributed by atoms with Crippen LogP contribution in [0.2, 0.25) is 0 Å². The molecule has 0 saturated carbocycles. The van der Waals surface area contributed by atoms with Crippen LogP contribution in [0.25, 0.3) is 10.8 Å². The number of amides is 1. The first kappa shape index (κ1) is 28.6. The first-order valence-electron chi connectivity index (χ1n) is 11.6. The van der Waals surface area contributed by atoms with E-state index in [1.165, 1.54) is 35.1 Å². The van der Waals surface area contributed by atoms with Gasteiger partial charge in [0.25, 0.3) is 5.91 Å². The SMILES string of the molecule is C=N/C(C(N)=O)=C(/NC)SCNc1ccc2ccccc2c1.O=Cc1ccc(Cn2cnc([N+](=O)[O-])c2)cc1. The second kappa shape index (κ2) is 14.1. The average Bonchev–Trinajstić information content (AvgIpc) is 3.42. The van der Waals surface area contributed by atoms with Crippen LogP contribution in [0.1, 0.15) is 15.9 Å². The summed E-state index contributed by atoms with van der Waals surface area (Å²) in [5.41, 5.74) is 7.97. The van der Waals surface area contributed by atoms with E-state index >= 15 is 0 Å². The molecule has 4 rings (SSSR count). The van der Waals surface area contributed by atoms with Gasteiger partial charge in [0.1, 0.15) is 17.5 Å². The van der Waals surface area contributed by atoms with E-state index in [0.717, 1.165) is 17.5 Å². The lowest BCUT2D eigenvalue weighted by Gasteiger charge is -2.11. The van der Waals surface area contributed by atoms with E-state index in [1.54, 1.807) is 35.9 Å². The molecule has 0 aliphatic heterocycles. The number of aromatic nitrogens is 2. The number of primary amides is 1. The highest BCUT2D eigenvalue weighted by molar-refractivity contribution is 8.03. The summed E-state index contributed by atoms with van der Waals surface area (Å²) < 4.78 is 1.62. The highest BCUT2D eigenvalue weighted by Crippen LogP contribution is 2.22. The Bertz CT molecular complexity index is 1500. The fourth-order valence-electron chi connectivity index (χ4n) is 3.45. The van der Waals surface area contributed by atoms with Gasteiger partial charge in [-0.25, -0.2) is 0 Å². The number of imidazole rings is 1. The third-order valence-corrected chi connectivity index (χ3v) is 6.34. The molecule has 1 amide bonds. The zero-order chi connectivity index (χ0) is 28.2. The van der Waals surface area contributed by atoms with E-state index in [1.807, 2.05) is 18.2 Å². The summed E-state index contributed by atoms with van der Waals surface area (Å²) in [4.78, 5) is 39.0. The van der Waals surface area contributed by atoms with E-state index in [0.29, 0.717) is 23.0 Å². The standard InChI is InChI=1S/C16H18N4OS.C11H9N3O3/c1-18-14(15(17)21)16(19-2)22-10-20-13-8-7-11-5-3-4-6-12(11)9-13;15-7-10-3-1-9(2-4-10)5-13-6-11(12-8-13)14(16)17/h3-9,19-20H,1,10H2,2H3,(H2,17,21);1-4,6-8H,5H2/b16-14-;. The lowest BCUT2D eigenvalue weighted by molar-refractivity contribution is -0.389. The van der Waals surface area contributed by atoms with Gasteiger partial charge in [0.15, 0.2) is 5.70 Å².